The van der Waals surface area contributed by atoms with Crippen LogP contribution in [0.1, 0.15) is 26.7 Å². The highest BCUT2D eigenvalue weighted by Crippen LogP contribution is 2.21. The first-order valence-corrected chi connectivity index (χ1v) is 6.88. The summed E-state index contributed by atoms with van der Waals surface area (Å²) in [5.74, 6) is 0.0116. The Kier molecular flexibility index (Phi) is 5.46. The molecule has 102 valence electrons. The monoisotopic (exact) mass is 272 g/mol. The summed E-state index contributed by atoms with van der Waals surface area (Å²) in [4.78, 5) is 24.9. The molecule has 0 aliphatic carbocycles. The summed E-state index contributed by atoms with van der Waals surface area (Å²) in [5.41, 5.74) is -0.213. The molecule has 0 fully saturated rings. The lowest BCUT2D eigenvalue weighted by atomic mass is 10.3. The average molecular weight is 272 g/mol. The number of rotatable bonds is 6. The fraction of sp³-hybridized carbons (Fsp3) is 0.727. The second kappa shape index (κ2) is 6.63. The molecule has 0 saturated heterocycles. The van der Waals surface area contributed by atoms with Crippen molar-refractivity contribution in [3.05, 3.63) is 10.5 Å². The summed E-state index contributed by atoms with van der Waals surface area (Å²) < 4.78 is 1.59. The SMILES string of the molecule is CCCCn1c(SC(C)C(=O)N(C)C)n[nH]c1=O. The van der Waals surface area contributed by atoms with Gasteiger partial charge >= 0.3 is 5.69 Å². The van der Waals surface area contributed by atoms with Crippen LogP contribution in [0.3, 0.4) is 0 Å². The second-order valence-electron chi connectivity index (χ2n) is 4.31. The molecule has 0 aliphatic heterocycles. The second-order valence-corrected chi connectivity index (χ2v) is 5.62. The van der Waals surface area contributed by atoms with E-state index >= 15 is 0 Å². The number of carbonyl (C=O) groups excluding carboxylic acids is 1. The van der Waals surface area contributed by atoms with Gasteiger partial charge in [0.1, 0.15) is 0 Å². The third kappa shape index (κ3) is 3.63. The maximum Gasteiger partial charge on any atom is 0.343 e. The van der Waals surface area contributed by atoms with Gasteiger partial charge < -0.3 is 4.90 Å². The molecule has 1 N–H and O–H groups in total. The van der Waals surface area contributed by atoms with Crippen LogP contribution < -0.4 is 5.69 Å². The zero-order chi connectivity index (χ0) is 13.7. The predicted octanol–water partition coefficient (Wildman–Crippen LogP) is 0.940. The average Bonchev–Trinajstić information content (AvgIpc) is 2.66. The molecule has 1 atom stereocenters. The minimum atomic E-state index is -0.254. The van der Waals surface area contributed by atoms with Crippen LogP contribution in [-0.2, 0) is 11.3 Å². The highest BCUT2D eigenvalue weighted by atomic mass is 32.2. The molecule has 7 heteroatoms. The van der Waals surface area contributed by atoms with E-state index in [-0.39, 0.29) is 16.8 Å². The number of nitrogens with one attached hydrogen (secondary N) is 1. The summed E-state index contributed by atoms with van der Waals surface area (Å²) >= 11 is 1.31. The molecule has 1 aromatic heterocycles. The molecule has 1 amide bonds. The summed E-state index contributed by atoms with van der Waals surface area (Å²) in [5, 5.41) is 6.73. The number of hydrogen-bond donors (Lipinski definition) is 1. The molecular weight excluding hydrogens is 252 g/mol. The van der Waals surface area contributed by atoms with Crippen molar-refractivity contribution in [3.8, 4) is 0 Å². The van der Waals surface area contributed by atoms with Crippen molar-refractivity contribution in [2.24, 2.45) is 0 Å². The molecule has 1 unspecified atom stereocenters. The van der Waals surface area contributed by atoms with Crippen LogP contribution in [0.4, 0.5) is 0 Å². The zero-order valence-corrected chi connectivity index (χ0v) is 12.1. The number of H-pyrrole nitrogens is 1. The number of aromatic nitrogens is 3. The van der Waals surface area contributed by atoms with Crippen LogP contribution in [0.15, 0.2) is 9.95 Å². The lowest BCUT2D eigenvalue weighted by Gasteiger charge is -2.15. The van der Waals surface area contributed by atoms with E-state index < -0.39 is 0 Å². The zero-order valence-electron chi connectivity index (χ0n) is 11.3. The quantitative estimate of drug-likeness (QED) is 0.782. The molecule has 0 aliphatic rings. The molecule has 6 nitrogen and oxygen atoms in total. The van der Waals surface area contributed by atoms with Gasteiger partial charge in [0.05, 0.1) is 5.25 Å². The van der Waals surface area contributed by atoms with Gasteiger partial charge in [-0.1, -0.05) is 25.1 Å². The van der Waals surface area contributed by atoms with Gasteiger partial charge in [-0.3, -0.25) is 9.36 Å². The first-order chi connectivity index (χ1) is 8.47. The molecule has 0 aromatic carbocycles. The molecule has 1 rings (SSSR count). The number of aromatic amines is 1. The minimum Gasteiger partial charge on any atom is -0.348 e. The molecule has 18 heavy (non-hydrogen) atoms. The summed E-state index contributed by atoms with van der Waals surface area (Å²) in [7, 11) is 3.43. The fourth-order valence-corrected chi connectivity index (χ4v) is 2.51. The van der Waals surface area contributed by atoms with E-state index in [1.54, 1.807) is 23.6 Å². The van der Waals surface area contributed by atoms with Crippen molar-refractivity contribution in [1.29, 1.82) is 0 Å². The van der Waals surface area contributed by atoms with Gasteiger partial charge in [0.2, 0.25) is 5.91 Å². The van der Waals surface area contributed by atoms with Gasteiger partial charge in [-0.05, 0) is 13.3 Å². The van der Waals surface area contributed by atoms with E-state index in [1.807, 2.05) is 6.92 Å². The number of carbonyl (C=O) groups is 1. The van der Waals surface area contributed by atoms with Gasteiger partial charge in [0, 0.05) is 20.6 Å². The van der Waals surface area contributed by atoms with Crippen molar-refractivity contribution in [2.75, 3.05) is 14.1 Å². The summed E-state index contributed by atoms with van der Waals surface area (Å²) in [6.45, 7) is 4.52. The molecule has 0 radical (unpaired) electrons. The van der Waals surface area contributed by atoms with Crippen LogP contribution in [-0.4, -0.2) is 44.9 Å². The maximum atomic E-state index is 11.8. The van der Waals surface area contributed by atoms with Crippen molar-refractivity contribution in [3.63, 3.8) is 0 Å². The van der Waals surface area contributed by atoms with Crippen molar-refractivity contribution in [1.82, 2.24) is 19.7 Å². The van der Waals surface area contributed by atoms with Gasteiger partial charge in [-0.15, -0.1) is 5.10 Å². The lowest BCUT2D eigenvalue weighted by molar-refractivity contribution is -0.127. The smallest absolute Gasteiger partial charge is 0.343 e. The first-order valence-electron chi connectivity index (χ1n) is 6.00. The summed E-state index contributed by atoms with van der Waals surface area (Å²) in [6.07, 6.45) is 1.93. The standard InChI is InChI=1S/C11H20N4O2S/c1-5-6-7-15-10(17)12-13-11(15)18-8(2)9(16)14(3)4/h8H,5-7H2,1-4H3,(H,12,17). The van der Waals surface area contributed by atoms with Crippen LogP contribution >= 0.6 is 11.8 Å². The summed E-state index contributed by atoms with van der Waals surface area (Å²) in [6, 6.07) is 0. The highest BCUT2D eigenvalue weighted by Gasteiger charge is 2.19. The third-order valence-electron chi connectivity index (χ3n) is 2.53. The Morgan fingerprint density at radius 2 is 2.22 bits per heavy atom. The van der Waals surface area contributed by atoms with E-state index in [9.17, 15) is 9.59 Å². The van der Waals surface area contributed by atoms with E-state index in [4.69, 9.17) is 0 Å². The third-order valence-corrected chi connectivity index (χ3v) is 3.61. The Morgan fingerprint density at radius 1 is 1.56 bits per heavy atom. The van der Waals surface area contributed by atoms with Crippen LogP contribution in [0, 0.1) is 0 Å². The molecule has 0 bridgehead atoms. The Labute approximate surface area is 111 Å². The normalized spacial score (nSPS) is 12.4. The molecule has 0 spiro atoms. The Morgan fingerprint density at radius 3 is 2.78 bits per heavy atom. The minimum absolute atomic E-state index is 0.0116. The number of thioether (sulfide) groups is 1. The van der Waals surface area contributed by atoms with Crippen LogP contribution in [0.2, 0.25) is 0 Å². The van der Waals surface area contributed by atoms with E-state index in [2.05, 4.69) is 17.1 Å². The number of amides is 1. The number of hydrogen-bond acceptors (Lipinski definition) is 4. The van der Waals surface area contributed by atoms with E-state index in [0.717, 1.165) is 12.8 Å². The molecular formula is C11H20N4O2S. The lowest BCUT2D eigenvalue weighted by Crippen LogP contribution is -2.30. The highest BCUT2D eigenvalue weighted by molar-refractivity contribution is 8.00. The van der Waals surface area contributed by atoms with E-state index in [0.29, 0.717) is 11.7 Å². The van der Waals surface area contributed by atoms with Gasteiger partial charge in [0.15, 0.2) is 5.16 Å². The Bertz CT molecular complexity index is 452. The van der Waals surface area contributed by atoms with Crippen molar-refractivity contribution < 1.29 is 4.79 Å². The van der Waals surface area contributed by atoms with Crippen molar-refractivity contribution in [2.45, 2.75) is 43.6 Å². The van der Waals surface area contributed by atoms with Crippen LogP contribution in [0.5, 0.6) is 0 Å². The maximum absolute atomic E-state index is 11.8. The largest absolute Gasteiger partial charge is 0.348 e. The number of nitrogens with zero attached hydrogens (tertiary/aromatic N) is 3. The number of unbranched alkanes of at least 4 members (excludes halogenated alkanes) is 1. The predicted molar refractivity (Wildman–Crippen MR) is 71.8 cm³/mol. The molecule has 1 heterocycles. The molecule has 0 saturated carbocycles. The van der Waals surface area contributed by atoms with Gasteiger partial charge in [-0.2, -0.15) is 0 Å². The van der Waals surface area contributed by atoms with E-state index in [1.165, 1.54) is 11.8 Å². The molecule has 1 aromatic rings. The first kappa shape index (κ1) is 14.8. The topological polar surface area (TPSA) is 71.0 Å². The Balaban J connectivity index is 2.78. The van der Waals surface area contributed by atoms with Crippen LogP contribution in [0.25, 0.3) is 0 Å². The fourth-order valence-electron chi connectivity index (χ4n) is 1.48. The Hall–Kier alpha value is -1.24. The van der Waals surface area contributed by atoms with Crippen molar-refractivity contribution >= 4 is 17.7 Å². The van der Waals surface area contributed by atoms with Gasteiger partial charge in [0.25, 0.3) is 0 Å². The van der Waals surface area contributed by atoms with Gasteiger partial charge in [-0.25, -0.2) is 9.89 Å².